The summed E-state index contributed by atoms with van der Waals surface area (Å²) in [6.45, 7) is 1.74. The number of ether oxygens (including phenoxy) is 1. The molecule has 3 heterocycles. The van der Waals surface area contributed by atoms with Gasteiger partial charge >= 0.3 is 0 Å². The zero-order valence-corrected chi connectivity index (χ0v) is 10.1. The highest BCUT2D eigenvalue weighted by molar-refractivity contribution is 5.64. The van der Waals surface area contributed by atoms with Crippen molar-refractivity contribution in [1.29, 1.82) is 0 Å². The molecule has 0 saturated carbocycles. The Kier molecular flexibility index (Phi) is 3.09. The van der Waals surface area contributed by atoms with Crippen LogP contribution in [0.2, 0.25) is 0 Å². The van der Waals surface area contributed by atoms with Gasteiger partial charge in [-0.25, -0.2) is 14.4 Å². The van der Waals surface area contributed by atoms with Gasteiger partial charge in [0, 0.05) is 0 Å². The second kappa shape index (κ2) is 5.05. The maximum atomic E-state index is 12.7. The van der Waals surface area contributed by atoms with Crippen molar-refractivity contribution < 1.29 is 9.13 Å². The van der Waals surface area contributed by atoms with Crippen molar-refractivity contribution in [2.75, 3.05) is 23.8 Å². The minimum absolute atomic E-state index is 0.351. The largest absolute Gasteiger partial charge is 0.485 e. The van der Waals surface area contributed by atoms with E-state index in [1.54, 1.807) is 6.07 Å². The Hall–Kier alpha value is -2.44. The summed E-state index contributed by atoms with van der Waals surface area (Å²) in [5, 5.41) is 6.23. The summed E-state index contributed by atoms with van der Waals surface area (Å²) in [4.78, 5) is 12.2. The van der Waals surface area contributed by atoms with Gasteiger partial charge in [-0.2, -0.15) is 0 Å². The average molecular weight is 261 g/mol. The molecule has 0 atom stereocenters. The summed E-state index contributed by atoms with van der Waals surface area (Å²) in [7, 11) is 0. The molecule has 2 aromatic heterocycles. The van der Waals surface area contributed by atoms with Crippen LogP contribution in [0.25, 0.3) is 0 Å². The van der Waals surface area contributed by atoms with Gasteiger partial charge in [-0.15, -0.1) is 0 Å². The van der Waals surface area contributed by atoms with Crippen molar-refractivity contribution in [3.05, 3.63) is 36.2 Å². The third kappa shape index (κ3) is 2.54. The van der Waals surface area contributed by atoms with Gasteiger partial charge in [0.1, 0.15) is 18.8 Å². The van der Waals surface area contributed by atoms with Gasteiger partial charge in [0.15, 0.2) is 11.6 Å². The van der Waals surface area contributed by atoms with Crippen LogP contribution in [-0.4, -0.2) is 28.1 Å². The van der Waals surface area contributed by atoms with E-state index in [4.69, 9.17) is 4.74 Å². The van der Waals surface area contributed by atoms with Crippen molar-refractivity contribution in [2.24, 2.45) is 0 Å². The molecule has 6 nitrogen and oxygen atoms in total. The van der Waals surface area contributed by atoms with Crippen LogP contribution in [0.4, 0.5) is 16.0 Å². The van der Waals surface area contributed by atoms with E-state index in [2.05, 4.69) is 25.6 Å². The molecule has 0 bridgehead atoms. The van der Waals surface area contributed by atoms with E-state index >= 15 is 0 Å². The monoisotopic (exact) mass is 261 g/mol. The molecule has 7 heteroatoms. The first-order valence-electron chi connectivity index (χ1n) is 5.89. The molecule has 0 saturated heterocycles. The van der Waals surface area contributed by atoms with Crippen LogP contribution >= 0.6 is 0 Å². The Labute approximate surface area is 109 Å². The Bertz CT molecular complexity index is 575. The highest BCUT2D eigenvalue weighted by atomic mass is 19.1. The second-order valence-electron chi connectivity index (χ2n) is 4.00. The summed E-state index contributed by atoms with van der Waals surface area (Å²) >= 11 is 0. The highest BCUT2D eigenvalue weighted by Crippen LogP contribution is 2.31. The van der Waals surface area contributed by atoms with Crippen molar-refractivity contribution in [2.45, 2.75) is 6.54 Å². The smallest absolute Gasteiger partial charge is 0.204 e. The van der Waals surface area contributed by atoms with Gasteiger partial charge in [-0.05, 0) is 12.1 Å². The first kappa shape index (κ1) is 11.6. The van der Waals surface area contributed by atoms with Crippen LogP contribution in [-0.2, 0) is 6.54 Å². The number of hydrogen-bond donors (Lipinski definition) is 2. The van der Waals surface area contributed by atoms with E-state index in [-0.39, 0.29) is 5.82 Å². The molecule has 2 aromatic rings. The molecular formula is C12H12FN5O. The molecule has 0 aromatic carbocycles. The molecule has 1 aliphatic heterocycles. The Morgan fingerprint density at radius 1 is 1.32 bits per heavy atom. The van der Waals surface area contributed by atoms with Crippen molar-refractivity contribution in [1.82, 2.24) is 15.0 Å². The minimum Gasteiger partial charge on any atom is -0.485 e. The maximum Gasteiger partial charge on any atom is 0.204 e. The molecule has 1 aliphatic rings. The zero-order valence-electron chi connectivity index (χ0n) is 10.1. The SMILES string of the molecule is Fc1ccc(CNc2ncnc3c2OCCN3)nc1. The summed E-state index contributed by atoms with van der Waals surface area (Å²) in [5.41, 5.74) is 0.720. The number of fused-ring (bicyclic) bond motifs is 1. The summed E-state index contributed by atoms with van der Waals surface area (Å²) in [6, 6.07) is 2.99. The quantitative estimate of drug-likeness (QED) is 0.870. The van der Waals surface area contributed by atoms with Gasteiger partial charge in [0.2, 0.25) is 5.75 Å². The number of rotatable bonds is 3. The fourth-order valence-corrected chi connectivity index (χ4v) is 1.77. The number of aromatic nitrogens is 3. The molecule has 3 rings (SSSR count). The van der Waals surface area contributed by atoms with Crippen LogP contribution in [0, 0.1) is 5.82 Å². The first-order valence-corrected chi connectivity index (χ1v) is 5.89. The molecule has 2 N–H and O–H groups in total. The van der Waals surface area contributed by atoms with E-state index in [1.807, 2.05) is 0 Å². The highest BCUT2D eigenvalue weighted by Gasteiger charge is 2.16. The number of halogens is 1. The van der Waals surface area contributed by atoms with Crippen LogP contribution in [0.3, 0.4) is 0 Å². The maximum absolute atomic E-state index is 12.7. The van der Waals surface area contributed by atoms with Crippen molar-refractivity contribution in [3.8, 4) is 5.75 Å². The lowest BCUT2D eigenvalue weighted by molar-refractivity contribution is 0.321. The number of anilines is 2. The van der Waals surface area contributed by atoms with Gasteiger partial charge in [0.25, 0.3) is 0 Å². The topological polar surface area (TPSA) is 72.0 Å². The van der Waals surface area contributed by atoms with Gasteiger partial charge in [-0.1, -0.05) is 0 Å². The normalized spacial score (nSPS) is 13.1. The molecule has 98 valence electrons. The summed E-state index contributed by atoms with van der Waals surface area (Å²) in [5.74, 6) is 1.53. The molecule has 0 fully saturated rings. The average Bonchev–Trinajstić information content (AvgIpc) is 2.47. The predicted octanol–water partition coefficient (Wildman–Crippen LogP) is 1.43. The number of hydrogen-bond acceptors (Lipinski definition) is 6. The van der Waals surface area contributed by atoms with E-state index in [0.717, 1.165) is 12.2 Å². The van der Waals surface area contributed by atoms with E-state index in [9.17, 15) is 4.39 Å². The molecular weight excluding hydrogens is 249 g/mol. The standard InChI is InChI=1S/C12H12FN5O/c13-8-1-2-9(15-5-8)6-16-12-10-11(17-7-18-12)14-3-4-19-10/h1-2,5,7H,3-4,6H2,(H2,14,16,17,18). The molecule has 0 spiro atoms. The number of nitrogens with one attached hydrogen (secondary N) is 2. The molecule has 0 unspecified atom stereocenters. The lowest BCUT2D eigenvalue weighted by Gasteiger charge is -2.20. The van der Waals surface area contributed by atoms with Crippen LogP contribution in [0.1, 0.15) is 5.69 Å². The van der Waals surface area contributed by atoms with Gasteiger partial charge in [0.05, 0.1) is 25.0 Å². The van der Waals surface area contributed by atoms with Crippen LogP contribution in [0.5, 0.6) is 5.75 Å². The number of pyridine rings is 1. The van der Waals surface area contributed by atoms with Crippen molar-refractivity contribution >= 4 is 11.6 Å². The second-order valence-corrected chi connectivity index (χ2v) is 4.00. The lowest BCUT2D eigenvalue weighted by Crippen LogP contribution is -2.20. The van der Waals surface area contributed by atoms with Crippen LogP contribution in [0.15, 0.2) is 24.7 Å². The summed E-state index contributed by atoms with van der Waals surface area (Å²) < 4.78 is 18.3. The van der Waals surface area contributed by atoms with Gasteiger partial charge < -0.3 is 15.4 Å². The van der Waals surface area contributed by atoms with Gasteiger partial charge in [-0.3, -0.25) is 4.98 Å². The summed E-state index contributed by atoms with van der Waals surface area (Å²) in [6.07, 6.45) is 2.64. The molecule has 0 amide bonds. The van der Waals surface area contributed by atoms with Crippen molar-refractivity contribution in [3.63, 3.8) is 0 Å². The van der Waals surface area contributed by atoms with E-state index in [1.165, 1.54) is 18.6 Å². The molecule has 19 heavy (non-hydrogen) atoms. The Morgan fingerprint density at radius 2 is 2.26 bits per heavy atom. The van der Waals surface area contributed by atoms with E-state index < -0.39 is 0 Å². The third-order valence-electron chi connectivity index (χ3n) is 2.67. The molecule has 0 radical (unpaired) electrons. The fraction of sp³-hybridized carbons (Fsp3) is 0.250. The Balaban J connectivity index is 1.75. The first-order chi connectivity index (χ1) is 9.33. The number of nitrogens with zero attached hydrogens (tertiary/aromatic N) is 3. The Morgan fingerprint density at radius 3 is 3.11 bits per heavy atom. The predicted molar refractivity (Wildman–Crippen MR) is 67.5 cm³/mol. The zero-order chi connectivity index (χ0) is 13.1. The minimum atomic E-state index is -0.351. The fourth-order valence-electron chi connectivity index (χ4n) is 1.77. The van der Waals surface area contributed by atoms with E-state index in [0.29, 0.717) is 30.5 Å². The van der Waals surface area contributed by atoms with Crippen LogP contribution < -0.4 is 15.4 Å². The lowest BCUT2D eigenvalue weighted by atomic mass is 10.3. The third-order valence-corrected chi connectivity index (χ3v) is 2.67. The molecule has 0 aliphatic carbocycles.